The minimum Gasteiger partial charge on any atom is -0.460 e. The van der Waals surface area contributed by atoms with Crippen molar-refractivity contribution in [2.24, 2.45) is 5.41 Å². The van der Waals surface area contributed by atoms with Gasteiger partial charge in [0.1, 0.15) is 23.4 Å². The number of esters is 1. The maximum atomic E-state index is 13.9. The van der Waals surface area contributed by atoms with E-state index >= 15 is 0 Å². The highest BCUT2D eigenvalue weighted by molar-refractivity contribution is 7.93. The molecule has 0 bridgehead atoms. The predicted molar refractivity (Wildman–Crippen MR) is 164 cm³/mol. The van der Waals surface area contributed by atoms with E-state index in [-0.39, 0.29) is 12.1 Å². The summed E-state index contributed by atoms with van der Waals surface area (Å²) in [4.78, 5) is 59.0. The van der Waals surface area contributed by atoms with Crippen molar-refractivity contribution in [2.75, 3.05) is 12.8 Å². The van der Waals surface area contributed by atoms with E-state index in [1.54, 1.807) is 39.0 Å². The van der Waals surface area contributed by atoms with Crippen LogP contribution in [0.3, 0.4) is 0 Å². The number of ether oxygens (including phenoxy) is 1. The number of sulfone groups is 1. The van der Waals surface area contributed by atoms with E-state index in [2.05, 4.69) is 15.6 Å². The SMILES string of the molecule is CC(C)(C)OC(=O)C[C@@H](C=CS(C)(=O)=O)NC(=O)[C@H]1CCCN1C(=O)[C@H](NC(=O)c1ccc2ccccc2n1)C(C)(C)C. The molecule has 234 valence electrons. The smallest absolute Gasteiger partial charge is 0.308 e. The number of rotatable bonds is 9. The standard InChI is InChI=1S/C31H42N4O7S/c1-30(2,3)26(34-27(37)23-15-14-20-11-8-9-12-22(20)33-23)29(39)35-17-10-13-24(35)28(38)32-21(16-18-43(7,40)41)19-25(36)42-31(4,5)6/h8-9,11-12,14-16,18,21,24,26H,10,13,17,19H2,1-7H3,(H,32,38)(H,34,37)/t21-,24-,26+/m1/s1. The van der Waals surface area contributed by atoms with Crippen molar-refractivity contribution in [3.05, 3.63) is 53.6 Å². The molecule has 12 heteroatoms. The van der Waals surface area contributed by atoms with Crippen molar-refractivity contribution in [1.82, 2.24) is 20.5 Å². The maximum Gasteiger partial charge on any atom is 0.308 e. The summed E-state index contributed by atoms with van der Waals surface area (Å²) in [6.07, 6.45) is 2.85. The molecule has 11 nitrogen and oxygen atoms in total. The van der Waals surface area contributed by atoms with Crippen molar-refractivity contribution >= 4 is 44.4 Å². The van der Waals surface area contributed by atoms with E-state index in [0.717, 1.165) is 17.1 Å². The molecule has 0 radical (unpaired) electrons. The van der Waals surface area contributed by atoms with Crippen LogP contribution < -0.4 is 10.6 Å². The highest BCUT2D eigenvalue weighted by Crippen LogP contribution is 2.26. The van der Waals surface area contributed by atoms with Crippen molar-refractivity contribution in [3.63, 3.8) is 0 Å². The number of hydrogen-bond donors (Lipinski definition) is 2. The van der Waals surface area contributed by atoms with Gasteiger partial charge in [-0.05, 0) is 51.2 Å². The van der Waals surface area contributed by atoms with Gasteiger partial charge in [-0.25, -0.2) is 13.4 Å². The molecule has 2 aromatic rings. The number of likely N-dealkylation sites (tertiary alicyclic amines) is 1. The first-order chi connectivity index (χ1) is 19.8. The monoisotopic (exact) mass is 614 g/mol. The molecule has 2 N–H and O–H groups in total. The zero-order valence-electron chi connectivity index (χ0n) is 25.8. The Morgan fingerprint density at radius 1 is 1.05 bits per heavy atom. The fourth-order valence-corrected chi connectivity index (χ4v) is 5.24. The Balaban J connectivity index is 1.79. The largest absolute Gasteiger partial charge is 0.460 e. The predicted octanol–water partition coefficient (Wildman–Crippen LogP) is 3.15. The van der Waals surface area contributed by atoms with Gasteiger partial charge in [0.05, 0.1) is 18.0 Å². The summed E-state index contributed by atoms with van der Waals surface area (Å²) in [5.41, 5.74) is -0.657. The molecule has 1 saturated heterocycles. The number of aromatic nitrogens is 1. The molecular formula is C31H42N4O7S. The lowest BCUT2D eigenvalue weighted by Gasteiger charge is -2.35. The molecule has 0 aliphatic carbocycles. The van der Waals surface area contributed by atoms with Crippen LogP contribution in [0.2, 0.25) is 0 Å². The number of pyridine rings is 1. The average molecular weight is 615 g/mol. The van der Waals surface area contributed by atoms with Gasteiger partial charge in [0.25, 0.3) is 5.91 Å². The van der Waals surface area contributed by atoms with Crippen molar-refractivity contribution in [1.29, 1.82) is 0 Å². The highest BCUT2D eigenvalue weighted by atomic mass is 32.2. The third kappa shape index (κ3) is 9.87. The van der Waals surface area contributed by atoms with E-state index in [1.807, 2.05) is 39.0 Å². The number of amides is 3. The maximum absolute atomic E-state index is 13.9. The summed E-state index contributed by atoms with van der Waals surface area (Å²) < 4.78 is 28.8. The van der Waals surface area contributed by atoms with Gasteiger partial charge in [0.15, 0.2) is 9.84 Å². The minimum atomic E-state index is -3.54. The summed E-state index contributed by atoms with van der Waals surface area (Å²) in [7, 11) is -3.54. The lowest BCUT2D eigenvalue weighted by atomic mass is 9.85. The Kier molecular flexibility index (Phi) is 10.4. The van der Waals surface area contributed by atoms with Crippen LogP contribution in [-0.4, -0.2) is 78.5 Å². The van der Waals surface area contributed by atoms with E-state index in [9.17, 15) is 27.6 Å². The second-order valence-corrected chi connectivity index (χ2v) is 14.8. The third-order valence-corrected chi connectivity index (χ3v) is 7.40. The van der Waals surface area contributed by atoms with Crippen LogP contribution in [0.15, 0.2) is 47.9 Å². The summed E-state index contributed by atoms with van der Waals surface area (Å²) in [5.74, 6) is -2.09. The highest BCUT2D eigenvalue weighted by Gasteiger charge is 2.42. The Hall–Kier alpha value is -3.80. The fraction of sp³-hybridized carbons (Fsp3) is 0.516. The number of nitrogens with zero attached hydrogens (tertiary/aromatic N) is 2. The van der Waals surface area contributed by atoms with Gasteiger partial charge < -0.3 is 20.3 Å². The van der Waals surface area contributed by atoms with Gasteiger partial charge in [-0.2, -0.15) is 0 Å². The summed E-state index contributed by atoms with van der Waals surface area (Å²) in [5, 5.41) is 7.35. The van der Waals surface area contributed by atoms with E-state index < -0.39 is 62.7 Å². The minimum absolute atomic E-state index is 0.166. The van der Waals surface area contributed by atoms with Gasteiger partial charge in [-0.3, -0.25) is 19.2 Å². The fourth-order valence-electron chi connectivity index (χ4n) is 4.76. The first-order valence-electron chi connectivity index (χ1n) is 14.2. The zero-order chi connectivity index (χ0) is 32.2. The molecule has 3 rings (SSSR count). The Morgan fingerprint density at radius 3 is 2.35 bits per heavy atom. The number of fused-ring (bicyclic) bond motifs is 1. The van der Waals surface area contributed by atoms with Crippen LogP contribution in [0.4, 0.5) is 0 Å². The normalized spacial score (nSPS) is 17.5. The number of hydrogen-bond acceptors (Lipinski definition) is 8. The molecule has 1 aliphatic heterocycles. The third-order valence-electron chi connectivity index (χ3n) is 6.75. The lowest BCUT2D eigenvalue weighted by molar-refractivity contribution is -0.155. The van der Waals surface area contributed by atoms with E-state index in [0.29, 0.717) is 24.9 Å². The van der Waals surface area contributed by atoms with Crippen LogP contribution >= 0.6 is 0 Å². The molecule has 3 amide bonds. The Morgan fingerprint density at radius 2 is 1.72 bits per heavy atom. The number of para-hydroxylation sites is 1. The van der Waals surface area contributed by atoms with Crippen LogP contribution in [-0.2, 0) is 29.0 Å². The second-order valence-electron chi connectivity index (χ2n) is 12.9. The van der Waals surface area contributed by atoms with E-state index in [1.165, 1.54) is 11.0 Å². The summed E-state index contributed by atoms with van der Waals surface area (Å²) in [6.45, 7) is 10.9. The lowest BCUT2D eigenvalue weighted by Crippen LogP contribution is -2.58. The number of carbonyl (C=O) groups is 4. The molecule has 3 atom stereocenters. The van der Waals surface area contributed by atoms with Crippen LogP contribution in [0.25, 0.3) is 10.9 Å². The number of nitrogens with one attached hydrogen (secondary N) is 2. The molecule has 43 heavy (non-hydrogen) atoms. The molecule has 0 saturated carbocycles. The molecule has 1 aliphatic rings. The van der Waals surface area contributed by atoms with Gasteiger partial charge in [0, 0.05) is 23.6 Å². The molecule has 0 unspecified atom stereocenters. The van der Waals surface area contributed by atoms with Gasteiger partial charge in [0.2, 0.25) is 11.8 Å². The van der Waals surface area contributed by atoms with Gasteiger partial charge in [-0.1, -0.05) is 51.1 Å². The number of carbonyl (C=O) groups excluding carboxylic acids is 4. The number of benzene rings is 1. The van der Waals surface area contributed by atoms with Crippen molar-refractivity contribution in [2.45, 2.75) is 84.5 Å². The van der Waals surface area contributed by atoms with Gasteiger partial charge in [-0.15, -0.1) is 0 Å². The van der Waals surface area contributed by atoms with Crippen LogP contribution in [0.1, 0.15) is 71.3 Å². The average Bonchev–Trinajstić information content (AvgIpc) is 3.37. The second kappa shape index (κ2) is 13.2. The topological polar surface area (TPSA) is 152 Å². The summed E-state index contributed by atoms with van der Waals surface area (Å²) >= 11 is 0. The van der Waals surface area contributed by atoms with Crippen molar-refractivity contribution < 1.29 is 32.3 Å². The molecule has 1 fully saturated rings. The van der Waals surface area contributed by atoms with Crippen LogP contribution in [0.5, 0.6) is 0 Å². The first-order valence-corrected chi connectivity index (χ1v) is 16.2. The van der Waals surface area contributed by atoms with Crippen molar-refractivity contribution in [3.8, 4) is 0 Å². The van der Waals surface area contributed by atoms with Crippen LogP contribution in [0, 0.1) is 5.41 Å². The first kappa shape index (κ1) is 33.7. The van der Waals surface area contributed by atoms with E-state index in [4.69, 9.17) is 4.74 Å². The molecular weight excluding hydrogens is 572 g/mol. The molecule has 1 aromatic carbocycles. The molecule has 1 aromatic heterocycles. The Labute approximate surface area is 253 Å². The zero-order valence-corrected chi connectivity index (χ0v) is 26.7. The van der Waals surface area contributed by atoms with Gasteiger partial charge >= 0.3 is 5.97 Å². The Bertz CT molecular complexity index is 1510. The molecule has 2 heterocycles. The quantitative estimate of drug-likeness (QED) is 0.409. The molecule has 0 spiro atoms. The summed E-state index contributed by atoms with van der Waals surface area (Å²) in [6, 6.07) is 7.96.